The molecule has 0 saturated carbocycles. The lowest BCUT2D eigenvalue weighted by Crippen LogP contribution is -2.15. The Balaban J connectivity index is 2.04. The molecular weight excluding hydrogens is 270 g/mol. The van der Waals surface area contributed by atoms with Gasteiger partial charge in [0.15, 0.2) is 5.84 Å². The Hall–Kier alpha value is -2.76. The van der Waals surface area contributed by atoms with Gasteiger partial charge in [0, 0.05) is 12.3 Å². The molecule has 0 radical (unpaired) electrons. The zero-order chi connectivity index (χ0) is 15.1. The van der Waals surface area contributed by atoms with Crippen LogP contribution in [0.5, 0.6) is 11.5 Å². The Kier molecular flexibility index (Phi) is 4.98. The fraction of sp³-hybridized carbons (Fsp3) is 0.200. The molecule has 0 aliphatic heterocycles. The maximum absolute atomic E-state index is 8.65. The number of aromatic nitrogens is 1. The number of oxime groups is 1. The van der Waals surface area contributed by atoms with E-state index in [0.717, 1.165) is 11.3 Å². The van der Waals surface area contributed by atoms with Crippen LogP contribution in [0.2, 0.25) is 0 Å². The summed E-state index contributed by atoms with van der Waals surface area (Å²) in [5.74, 6) is 1.44. The smallest absolute Gasteiger partial charge is 0.188 e. The Bertz CT molecular complexity index is 629. The van der Waals surface area contributed by atoms with Crippen molar-refractivity contribution >= 4 is 5.84 Å². The molecule has 21 heavy (non-hydrogen) atoms. The van der Waals surface area contributed by atoms with E-state index in [1.807, 2.05) is 31.2 Å². The minimum absolute atomic E-state index is 0.0322. The van der Waals surface area contributed by atoms with Crippen LogP contribution < -0.4 is 15.2 Å². The summed E-state index contributed by atoms with van der Waals surface area (Å²) in [4.78, 5) is 4.01. The predicted molar refractivity (Wildman–Crippen MR) is 78.7 cm³/mol. The molecule has 0 amide bonds. The molecule has 1 heterocycles. The predicted octanol–water partition coefficient (Wildman–Crippen LogP) is 2.15. The van der Waals surface area contributed by atoms with Crippen molar-refractivity contribution in [3.8, 4) is 11.5 Å². The standard InChI is InChI=1S/C15H17N3O3/c1-2-20-12-4-3-5-13(9-12)21-10-11-6-7-17-14(8-11)15(16)18-19/h3-9,19H,2,10H2,1H3,(H2,16,18). The van der Waals surface area contributed by atoms with Gasteiger partial charge in [0.25, 0.3) is 0 Å². The van der Waals surface area contributed by atoms with Crippen LogP contribution in [0.25, 0.3) is 0 Å². The van der Waals surface area contributed by atoms with Crippen molar-refractivity contribution in [2.45, 2.75) is 13.5 Å². The first-order valence-corrected chi connectivity index (χ1v) is 6.51. The molecule has 1 aromatic heterocycles. The van der Waals surface area contributed by atoms with Crippen molar-refractivity contribution in [3.05, 3.63) is 53.9 Å². The summed E-state index contributed by atoms with van der Waals surface area (Å²) in [5.41, 5.74) is 6.78. The van der Waals surface area contributed by atoms with E-state index in [2.05, 4.69) is 10.1 Å². The molecule has 2 aromatic rings. The molecule has 0 bridgehead atoms. The van der Waals surface area contributed by atoms with E-state index in [1.54, 1.807) is 18.3 Å². The summed E-state index contributed by atoms with van der Waals surface area (Å²) in [6.07, 6.45) is 1.59. The molecule has 6 nitrogen and oxygen atoms in total. The maximum Gasteiger partial charge on any atom is 0.188 e. The van der Waals surface area contributed by atoms with Gasteiger partial charge in [-0.15, -0.1) is 0 Å². The number of hydrogen-bond acceptors (Lipinski definition) is 5. The molecule has 6 heteroatoms. The molecule has 0 spiro atoms. The minimum atomic E-state index is -0.0322. The normalized spacial score (nSPS) is 11.2. The number of pyridine rings is 1. The van der Waals surface area contributed by atoms with E-state index in [1.165, 1.54) is 0 Å². The highest BCUT2D eigenvalue weighted by molar-refractivity contribution is 5.95. The Morgan fingerprint density at radius 1 is 1.24 bits per heavy atom. The summed E-state index contributed by atoms with van der Waals surface area (Å²) >= 11 is 0. The Morgan fingerprint density at radius 2 is 2.00 bits per heavy atom. The van der Waals surface area contributed by atoms with Gasteiger partial charge in [0.1, 0.15) is 23.8 Å². The van der Waals surface area contributed by atoms with Crippen molar-refractivity contribution in [2.75, 3.05) is 6.61 Å². The third kappa shape index (κ3) is 4.10. The van der Waals surface area contributed by atoms with Gasteiger partial charge in [0.05, 0.1) is 6.61 Å². The maximum atomic E-state index is 8.65. The molecule has 0 atom stereocenters. The summed E-state index contributed by atoms with van der Waals surface area (Å²) in [6, 6.07) is 10.9. The second-order valence-electron chi connectivity index (χ2n) is 4.23. The number of hydrogen-bond donors (Lipinski definition) is 2. The van der Waals surface area contributed by atoms with E-state index >= 15 is 0 Å². The number of amidine groups is 1. The highest BCUT2D eigenvalue weighted by Gasteiger charge is 2.03. The molecule has 0 fully saturated rings. The lowest BCUT2D eigenvalue weighted by atomic mass is 10.2. The van der Waals surface area contributed by atoms with E-state index in [-0.39, 0.29) is 5.84 Å². The molecule has 3 N–H and O–H groups in total. The van der Waals surface area contributed by atoms with Crippen LogP contribution in [0, 0.1) is 0 Å². The molecule has 0 unspecified atom stereocenters. The van der Waals surface area contributed by atoms with Crippen molar-refractivity contribution < 1.29 is 14.7 Å². The number of nitrogens with zero attached hydrogens (tertiary/aromatic N) is 2. The molecule has 110 valence electrons. The van der Waals surface area contributed by atoms with E-state index < -0.39 is 0 Å². The van der Waals surface area contributed by atoms with Crippen LogP contribution in [0.15, 0.2) is 47.8 Å². The van der Waals surface area contributed by atoms with Crippen LogP contribution in [0.3, 0.4) is 0 Å². The number of ether oxygens (including phenoxy) is 2. The first-order valence-electron chi connectivity index (χ1n) is 6.51. The summed E-state index contributed by atoms with van der Waals surface area (Å²) < 4.78 is 11.1. The lowest BCUT2D eigenvalue weighted by molar-refractivity contribution is 0.299. The van der Waals surface area contributed by atoms with Gasteiger partial charge in [-0.2, -0.15) is 0 Å². The average Bonchev–Trinajstić information content (AvgIpc) is 2.53. The second-order valence-corrected chi connectivity index (χ2v) is 4.23. The minimum Gasteiger partial charge on any atom is -0.494 e. The van der Waals surface area contributed by atoms with Crippen molar-refractivity contribution in [3.63, 3.8) is 0 Å². The van der Waals surface area contributed by atoms with Crippen LogP contribution >= 0.6 is 0 Å². The van der Waals surface area contributed by atoms with Crippen LogP contribution in [0.4, 0.5) is 0 Å². The fourth-order valence-electron chi connectivity index (χ4n) is 1.74. The third-order valence-electron chi connectivity index (χ3n) is 2.72. The van der Waals surface area contributed by atoms with E-state index in [0.29, 0.717) is 24.7 Å². The topological polar surface area (TPSA) is 90.0 Å². The van der Waals surface area contributed by atoms with Gasteiger partial charge < -0.3 is 20.4 Å². The number of benzene rings is 1. The van der Waals surface area contributed by atoms with Gasteiger partial charge in [-0.25, -0.2) is 0 Å². The third-order valence-corrected chi connectivity index (χ3v) is 2.72. The van der Waals surface area contributed by atoms with Crippen molar-refractivity contribution in [1.29, 1.82) is 0 Å². The lowest BCUT2D eigenvalue weighted by Gasteiger charge is -2.09. The van der Waals surface area contributed by atoms with Gasteiger partial charge >= 0.3 is 0 Å². The molecule has 0 saturated heterocycles. The molecular formula is C15H17N3O3. The number of rotatable bonds is 6. The summed E-state index contributed by atoms with van der Waals surface area (Å²) in [7, 11) is 0. The monoisotopic (exact) mass is 287 g/mol. The van der Waals surface area contributed by atoms with Gasteiger partial charge in [-0.05, 0) is 36.8 Å². The zero-order valence-corrected chi connectivity index (χ0v) is 11.7. The van der Waals surface area contributed by atoms with E-state index in [4.69, 9.17) is 20.4 Å². The Morgan fingerprint density at radius 3 is 2.71 bits per heavy atom. The van der Waals surface area contributed by atoms with Crippen LogP contribution in [0.1, 0.15) is 18.2 Å². The summed E-state index contributed by atoms with van der Waals surface area (Å²) in [5, 5.41) is 11.6. The highest BCUT2D eigenvalue weighted by Crippen LogP contribution is 2.20. The van der Waals surface area contributed by atoms with Crippen LogP contribution in [-0.2, 0) is 6.61 Å². The zero-order valence-electron chi connectivity index (χ0n) is 11.7. The second kappa shape index (κ2) is 7.14. The number of nitrogens with two attached hydrogens (primary N) is 1. The fourth-order valence-corrected chi connectivity index (χ4v) is 1.74. The van der Waals surface area contributed by atoms with E-state index in [9.17, 15) is 0 Å². The molecule has 2 rings (SSSR count). The summed E-state index contributed by atoms with van der Waals surface area (Å²) in [6.45, 7) is 2.89. The van der Waals surface area contributed by atoms with Crippen molar-refractivity contribution in [1.82, 2.24) is 4.98 Å². The highest BCUT2D eigenvalue weighted by atomic mass is 16.5. The van der Waals surface area contributed by atoms with Gasteiger partial charge in [0.2, 0.25) is 0 Å². The van der Waals surface area contributed by atoms with Gasteiger partial charge in [-0.3, -0.25) is 4.98 Å². The van der Waals surface area contributed by atoms with Gasteiger partial charge in [-0.1, -0.05) is 11.2 Å². The van der Waals surface area contributed by atoms with Crippen molar-refractivity contribution in [2.24, 2.45) is 10.9 Å². The first-order chi connectivity index (χ1) is 10.2. The molecule has 0 aliphatic rings. The average molecular weight is 287 g/mol. The quantitative estimate of drug-likeness (QED) is 0.368. The largest absolute Gasteiger partial charge is 0.494 e. The molecule has 1 aromatic carbocycles. The Labute approximate surface area is 122 Å². The first kappa shape index (κ1) is 14.6. The molecule has 0 aliphatic carbocycles. The SMILES string of the molecule is CCOc1cccc(OCc2ccnc(C(N)=NO)c2)c1. The van der Waals surface area contributed by atoms with Crippen LogP contribution in [-0.4, -0.2) is 22.6 Å².